The maximum absolute atomic E-state index is 10.0. The molecule has 2 aromatic rings. The zero-order valence-electron chi connectivity index (χ0n) is 10.3. The quantitative estimate of drug-likeness (QED) is 0.875. The fourth-order valence-corrected chi connectivity index (χ4v) is 1.92. The molecule has 0 aliphatic heterocycles. The Morgan fingerprint density at radius 2 is 1.94 bits per heavy atom. The third kappa shape index (κ3) is 2.33. The van der Waals surface area contributed by atoms with Crippen molar-refractivity contribution >= 4 is 0 Å². The average molecular weight is 230 g/mol. The summed E-state index contributed by atoms with van der Waals surface area (Å²) in [7, 11) is 0. The molecule has 1 heterocycles. The molecule has 17 heavy (non-hydrogen) atoms. The predicted molar refractivity (Wildman–Crippen MR) is 68.6 cm³/mol. The van der Waals surface area contributed by atoms with Gasteiger partial charge in [-0.05, 0) is 31.9 Å². The summed E-state index contributed by atoms with van der Waals surface area (Å²) in [5.74, 6) is 0.335. The van der Waals surface area contributed by atoms with Crippen LogP contribution in [0.1, 0.15) is 31.2 Å². The third-order valence-corrected chi connectivity index (χ3v) is 2.89. The highest BCUT2D eigenvalue weighted by atomic mass is 16.3. The highest BCUT2D eigenvalue weighted by molar-refractivity contribution is 5.40. The van der Waals surface area contributed by atoms with E-state index in [1.807, 2.05) is 41.9 Å². The zero-order valence-corrected chi connectivity index (χ0v) is 10.3. The Morgan fingerprint density at radius 1 is 1.24 bits per heavy atom. The van der Waals surface area contributed by atoms with E-state index in [-0.39, 0.29) is 0 Å². The lowest BCUT2D eigenvalue weighted by Crippen LogP contribution is -2.02. The number of rotatable bonds is 4. The molecule has 90 valence electrons. The normalized spacial score (nSPS) is 10.7. The van der Waals surface area contributed by atoms with Gasteiger partial charge in [0.15, 0.2) is 5.75 Å². The van der Waals surface area contributed by atoms with Gasteiger partial charge < -0.3 is 5.11 Å². The molecule has 1 aromatic heterocycles. The van der Waals surface area contributed by atoms with E-state index in [1.54, 1.807) is 0 Å². The number of para-hydroxylation sites is 1. The van der Waals surface area contributed by atoms with Crippen molar-refractivity contribution in [1.29, 1.82) is 0 Å². The van der Waals surface area contributed by atoms with E-state index >= 15 is 0 Å². The summed E-state index contributed by atoms with van der Waals surface area (Å²) in [5, 5.41) is 14.4. The lowest BCUT2D eigenvalue weighted by molar-refractivity contribution is 0.462. The second-order valence-electron chi connectivity index (χ2n) is 4.23. The van der Waals surface area contributed by atoms with Crippen molar-refractivity contribution in [3.8, 4) is 11.4 Å². The van der Waals surface area contributed by atoms with Gasteiger partial charge in [-0.3, -0.25) is 0 Å². The molecule has 0 spiro atoms. The molecule has 1 aromatic carbocycles. The molecule has 0 unspecified atom stereocenters. The molecule has 3 nitrogen and oxygen atoms in total. The van der Waals surface area contributed by atoms with Crippen molar-refractivity contribution in [2.24, 2.45) is 0 Å². The van der Waals surface area contributed by atoms with Gasteiger partial charge in [0.05, 0.1) is 11.4 Å². The monoisotopic (exact) mass is 230 g/mol. The Morgan fingerprint density at radius 3 is 2.59 bits per heavy atom. The van der Waals surface area contributed by atoms with Gasteiger partial charge in [0.25, 0.3) is 0 Å². The van der Waals surface area contributed by atoms with Crippen LogP contribution in [0.4, 0.5) is 0 Å². The van der Waals surface area contributed by atoms with Crippen molar-refractivity contribution < 1.29 is 5.11 Å². The summed E-state index contributed by atoms with van der Waals surface area (Å²) in [6, 6.07) is 9.94. The Labute approximate surface area is 102 Å². The summed E-state index contributed by atoms with van der Waals surface area (Å²) >= 11 is 0. The summed E-state index contributed by atoms with van der Waals surface area (Å²) < 4.78 is 1.85. The Kier molecular flexibility index (Phi) is 3.47. The van der Waals surface area contributed by atoms with Gasteiger partial charge in [-0.1, -0.05) is 31.5 Å². The Bertz CT molecular complexity index is 488. The van der Waals surface area contributed by atoms with E-state index in [4.69, 9.17) is 0 Å². The van der Waals surface area contributed by atoms with Crippen LogP contribution in [0.5, 0.6) is 5.75 Å². The maximum atomic E-state index is 10.0. The number of hydrogen-bond acceptors (Lipinski definition) is 2. The van der Waals surface area contributed by atoms with E-state index in [0.29, 0.717) is 11.4 Å². The molecule has 1 N–H and O–H groups in total. The molecule has 0 fully saturated rings. The first-order valence-electron chi connectivity index (χ1n) is 6.07. The van der Waals surface area contributed by atoms with Crippen LogP contribution in [0.3, 0.4) is 0 Å². The van der Waals surface area contributed by atoms with Gasteiger partial charge in [-0.15, -0.1) is 0 Å². The summed E-state index contributed by atoms with van der Waals surface area (Å²) in [5.41, 5.74) is 2.61. The molecule has 0 radical (unpaired) electrons. The molecule has 0 saturated carbocycles. The van der Waals surface area contributed by atoms with Gasteiger partial charge in [-0.25, -0.2) is 4.68 Å². The minimum atomic E-state index is 0.335. The van der Waals surface area contributed by atoms with Crippen LogP contribution < -0.4 is 0 Å². The fourth-order valence-electron chi connectivity index (χ4n) is 1.92. The van der Waals surface area contributed by atoms with Crippen LogP contribution in [0.25, 0.3) is 5.69 Å². The van der Waals surface area contributed by atoms with Crippen LogP contribution >= 0.6 is 0 Å². The first-order valence-corrected chi connectivity index (χ1v) is 6.07. The van der Waals surface area contributed by atoms with Crippen LogP contribution in [0.15, 0.2) is 30.3 Å². The van der Waals surface area contributed by atoms with Crippen molar-refractivity contribution in [1.82, 2.24) is 9.78 Å². The van der Waals surface area contributed by atoms with Gasteiger partial charge in [0.1, 0.15) is 5.69 Å². The number of hydrogen-bond donors (Lipinski definition) is 1. The summed E-state index contributed by atoms with van der Waals surface area (Å²) in [4.78, 5) is 0. The Hall–Kier alpha value is -1.77. The average Bonchev–Trinajstić information content (AvgIpc) is 2.65. The van der Waals surface area contributed by atoms with Crippen LogP contribution in [0.2, 0.25) is 0 Å². The summed E-state index contributed by atoms with van der Waals surface area (Å²) in [6.45, 7) is 3.98. The van der Waals surface area contributed by atoms with Gasteiger partial charge in [0.2, 0.25) is 0 Å². The minimum Gasteiger partial charge on any atom is -0.504 e. The molecule has 0 aliphatic carbocycles. The highest BCUT2D eigenvalue weighted by Crippen LogP contribution is 2.25. The molecule has 0 bridgehead atoms. The fraction of sp³-hybridized carbons (Fsp3) is 0.357. The van der Waals surface area contributed by atoms with E-state index in [1.165, 1.54) is 0 Å². The summed E-state index contributed by atoms with van der Waals surface area (Å²) in [6.07, 6.45) is 3.03. The smallest absolute Gasteiger partial charge is 0.160 e. The van der Waals surface area contributed by atoms with E-state index in [0.717, 1.165) is 30.6 Å². The Balaban J connectivity index is 2.43. The van der Waals surface area contributed by atoms with E-state index in [9.17, 15) is 5.11 Å². The SMILES string of the molecule is CCCCc1c(O)c(C)nn1-c1ccccc1. The van der Waals surface area contributed by atoms with Gasteiger partial charge >= 0.3 is 0 Å². The topological polar surface area (TPSA) is 38.1 Å². The molecule has 0 aliphatic rings. The molecule has 0 amide bonds. The number of aromatic nitrogens is 2. The predicted octanol–water partition coefficient (Wildman–Crippen LogP) is 3.23. The number of benzene rings is 1. The standard InChI is InChI=1S/C14H18N2O/c1-3-4-10-13-14(17)11(2)15-16(13)12-8-6-5-7-9-12/h5-9,17H,3-4,10H2,1-2H3. The van der Waals surface area contributed by atoms with E-state index < -0.39 is 0 Å². The molecule has 0 saturated heterocycles. The van der Waals surface area contributed by atoms with Gasteiger partial charge in [0, 0.05) is 0 Å². The second kappa shape index (κ2) is 5.04. The van der Waals surface area contributed by atoms with Gasteiger partial charge in [-0.2, -0.15) is 5.10 Å². The molecule has 0 atom stereocenters. The highest BCUT2D eigenvalue weighted by Gasteiger charge is 2.14. The molecule has 2 rings (SSSR count). The molecular weight excluding hydrogens is 212 g/mol. The third-order valence-electron chi connectivity index (χ3n) is 2.89. The lowest BCUT2D eigenvalue weighted by Gasteiger charge is -2.06. The number of unbranched alkanes of at least 4 members (excludes halogenated alkanes) is 1. The van der Waals surface area contributed by atoms with Crippen LogP contribution in [0, 0.1) is 6.92 Å². The second-order valence-corrected chi connectivity index (χ2v) is 4.23. The molecular formula is C14H18N2O. The van der Waals surface area contributed by atoms with Crippen LogP contribution in [-0.2, 0) is 6.42 Å². The minimum absolute atomic E-state index is 0.335. The molecule has 3 heteroatoms. The largest absolute Gasteiger partial charge is 0.504 e. The lowest BCUT2D eigenvalue weighted by atomic mass is 10.2. The van der Waals surface area contributed by atoms with Crippen molar-refractivity contribution in [3.63, 3.8) is 0 Å². The first-order chi connectivity index (χ1) is 8.24. The maximum Gasteiger partial charge on any atom is 0.160 e. The first kappa shape index (κ1) is 11.7. The number of aryl methyl sites for hydroxylation is 1. The zero-order chi connectivity index (χ0) is 12.3. The van der Waals surface area contributed by atoms with E-state index in [2.05, 4.69) is 12.0 Å². The van der Waals surface area contributed by atoms with Crippen molar-refractivity contribution in [2.75, 3.05) is 0 Å². The van der Waals surface area contributed by atoms with Crippen molar-refractivity contribution in [2.45, 2.75) is 33.1 Å². The van der Waals surface area contributed by atoms with Crippen molar-refractivity contribution in [3.05, 3.63) is 41.7 Å². The number of aromatic hydroxyl groups is 1. The van der Waals surface area contributed by atoms with Crippen LogP contribution in [-0.4, -0.2) is 14.9 Å². The number of nitrogens with zero attached hydrogens (tertiary/aromatic N) is 2.